The maximum atomic E-state index is 13.9. The second kappa shape index (κ2) is 14.0. The largest absolute Gasteiger partial charge is 0.390 e. The molecule has 0 radical (unpaired) electrons. The third kappa shape index (κ3) is 8.76. The average Bonchev–Trinajstić information content (AvgIpc) is 3.29. The van der Waals surface area contributed by atoms with Crippen molar-refractivity contribution in [1.29, 1.82) is 0 Å². The van der Waals surface area contributed by atoms with Gasteiger partial charge in [0.2, 0.25) is 21.8 Å². The average molecular weight is 620 g/mol. The number of aromatic amines is 1. The zero-order valence-electron chi connectivity index (χ0n) is 25.0. The second-order valence-electron chi connectivity index (χ2n) is 12.1. The van der Waals surface area contributed by atoms with E-state index in [1.807, 2.05) is 65.0 Å². The molecule has 12 heteroatoms. The lowest BCUT2D eigenvalue weighted by molar-refractivity contribution is -0.131. The summed E-state index contributed by atoms with van der Waals surface area (Å²) in [6.07, 6.45) is -1.03. The third-order valence-corrected chi connectivity index (χ3v) is 8.88. The van der Waals surface area contributed by atoms with Crippen LogP contribution in [0.1, 0.15) is 46.0 Å². The van der Waals surface area contributed by atoms with E-state index in [2.05, 4.69) is 20.6 Å². The number of alkyl halides is 1. The molecule has 42 heavy (non-hydrogen) atoms. The van der Waals surface area contributed by atoms with Gasteiger partial charge in [-0.2, -0.15) is 4.31 Å². The fourth-order valence-corrected chi connectivity index (χ4v) is 6.46. The Morgan fingerprint density at radius 1 is 1.07 bits per heavy atom. The van der Waals surface area contributed by atoms with Crippen LogP contribution in [0, 0.1) is 18.3 Å². The highest BCUT2D eigenvalue weighted by atomic mass is 35.5. The molecule has 3 unspecified atom stereocenters. The van der Waals surface area contributed by atoms with Crippen molar-refractivity contribution in [2.24, 2.45) is 11.3 Å². The van der Waals surface area contributed by atoms with Crippen LogP contribution in [0.25, 0.3) is 11.0 Å². The summed E-state index contributed by atoms with van der Waals surface area (Å²) in [4.78, 5) is 33.1. The van der Waals surface area contributed by atoms with Crippen LogP contribution >= 0.6 is 11.6 Å². The molecule has 1 heterocycles. The number of aryl methyl sites for hydroxylation is 1. The Balaban J connectivity index is 1.94. The van der Waals surface area contributed by atoms with Gasteiger partial charge in [-0.1, -0.05) is 65.0 Å². The molecule has 230 valence electrons. The van der Waals surface area contributed by atoms with Crippen LogP contribution in [0.3, 0.4) is 0 Å². The predicted octanol–water partition coefficient (Wildman–Crippen LogP) is 3.38. The smallest absolute Gasteiger partial charge is 0.243 e. The van der Waals surface area contributed by atoms with Crippen LogP contribution in [0.2, 0.25) is 0 Å². The van der Waals surface area contributed by atoms with Gasteiger partial charge in [0.1, 0.15) is 17.7 Å². The van der Waals surface area contributed by atoms with Crippen molar-refractivity contribution in [3.63, 3.8) is 0 Å². The van der Waals surface area contributed by atoms with Crippen molar-refractivity contribution in [2.45, 2.75) is 71.0 Å². The first kappa shape index (κ1) is 33.5. The summed E-state index contributed by atoms with van der Waals surface area (Å²) in [5, 5.41) is 17.1. The molecule has 0 bridgehead atoms. The number of aliphatic hydroxyl groups excluding tert-OH is 1. The maximum Gasteiger partial charge on any atom is 0.243 e. The number of amides is 2. The van der Waals surface area contributed by atoms with Gasteiger partial charge in [-0.05, 0) is 48.4 Å². The van der Waals surface area contributed by atoms with Crippen LogP contribution < -0.4 is 10.6 Å². The van der Waals surface area contributed by atoms with Gasteiger partial charge in [0.25, 0.3) is 0 Å². The van der Waals surface area contributed by atoms with Gasteiger partial charge < -0.3 is 20.7 Å². The molecule has 10 nitrogen and oxygen atoms in total. The third-order valence-electron chi connectivity index (χ3n) is 6.81. The number of rotatable bonds is 13. The number of carbonyl (C=O) groups excluding carboxylic acids is 2. The standard InChI is InChI=1S/C30H42ClN5O5S/c1-19(2)17-36(42(40,41)22-12-13-23-24(15-22)33-20(3)32-23)18-26(37)25(14-21-10-8-7-9-11-21)34-29(39)28(30(4,5)6)35-27(38)16-31/h7-13,15,19,25-26,28,37H,14,16-18H2,1-6H3,(H,32,33)(H,34,39)(H,35,38). The number of hydrogen-bond donors (Lipinski definition) is 4. The predicted molar refractivity (Wildman–Crippen MR) is 165 cm³/mol. The Bertz CT molecular complexity index is 1470. The van der Waals surface area contributed by atoms with E-state index in [4.69, 9.17) is 11.6 Å². The number of H-pyrrole nitrogens is 1. The molecule has 3 atom stereocenters. The van der Waals surface area contributed by atoms with Crippen molar-refractivity contribution < 1.29 is 23.1 Å². The SMILES string of the molecule is Cc1nc2ccc(S(=O)(=O)N(CC(C)C)CC(O)C(Cc3ccccc3)NC(=O)C(NC(=O)CCl)C(C)(C)C)cc2[nH]1. The van der Waals surface area contributed by atoms with Crippen molar-refractivity contribution in [2.75, 3.05) is 19.0 Å². The molecule has 0 aliphatic heterocycles. The maximum absolute atomic E-state index is 13.9. The van der Waals surface area contributed by atoms with Crippen LogP contribution in [0.4, 0.5) is 0 Å². The molecule has 0 fully saturated rings. The number of carbonyl (C=O) groups is 2. The Hall–Kier alpha value is -2.99. The van der Waals surface area contributed by atoms with Gasteiger partial charge in [0.15, 0.2) is 0 Å². The molecule has 2 aromatic carbocycles. The first-order chi connectivity index (χ1) is 19.6. The number of imidazole rings is 1. The van der Waals surface area contributed by atoms with Gasteiger partial charge in [-0.3, -0.25) is 9.59 Å². The van der Waals surface area contributed by atoms with Crippen molar-refractivity contribution in [1.82, 2.24) is 24.9 Å². The number of aliphatic hydroxyl groups is 1. The highest BCUT2D eigenvalue weighted by molar-refractivity contribution is 7.89. The minimum absolute atomic E-state index is 0.0386. The van der Waals surface area contributed by atoms with Gasteiger partial charge in [-0.15, -0.1) is 11.6 Å². The minimum Gasteiger partial charge on any atom is -0.390 e. The minimum atomic E-state index is -4.03. The zero-order chi connectivity index (χ0) is 31.2. The van der Waals surface area contributed by atoms with Crippen LogP contribution in [-0.2, 0) is 26.0 Å². The molecule has 2 amide bonds. The van der Waals surface area contributed by atoms with Gasteiger partial charge in [-0.25, -0.2) is 13.4 Å². The molecular formula is C30H42ClN5O5S. The van der Waals surface area contributed by atoms with Crippen molar-refractivity contribution in [3.05, 3.63) is 59.9 Å². The molecule has 1 aromatic heterocycles. The number of benzene rings is 2. The molecule has 0 aliphatic carbocycles. The number of aromatic nitrogens is 2. The molecule has 0 spiro atoms. The Kier molecular flexibility index (Phi) is 11.2. The molecule has 0 saturated carbocycles. The van der Waals surface area contributed by atoms with Gasteiger partial charge in [0.05, 0.1) is 28.1 Å². The van der Waals surface area contributed by atoms with E-state index in [9.17, 15) is 23.1 Å². The summed E-state index contributed by atoms with van der Waals surface area (Å²) >= 11 is 5.69. The molecule has 0 saturated heterocycles. The number of halogens is 1. The van der Waals surface area contributed by atoms with E-state index < -0.39 is 45.4 Å². The first-order valence-electron chi connectivity index (χ1n) is 14.0. The Labute approximate surface area is 253 Å². The highest BCUT2D eigenvalue weighted by Gasteiger charge is 2.36. The van der Waals surface area contributed by atoms with E-state index >= 15 is 0 Å². The van der Waals surface area contributed by atoms with Crippen LogP contribution in [0.15, 0.2) is 53.4 Å². The Morgan fingerprint density at radius 2 is 1.74 bits per heavy atom. The van der Waals surface area contributed by atoms with Gasteiger partial charge >= 0.3 is 0 Å². The summed E-state index contributed by atoms with van der Waals surface area (Å²) in [6.45, 7) is 10.9. The lowest BCUT2D eigenvalue weighted by Crippen LogP contribution is -2.59. The van der Waals surface area contributed by atoms with E-state index in [0.717, 1.165) is 5.56 Å². The molecule has 3 rings (SSSR count). The summed E-state index contributed by atoms with van der Waals surface area (Å²) in [6, 6.07) is 12.2. The number of fused-ring (bicyclic) bond motifs is 1. The first-order valence-corrected chi connectivity index (χ1v) is 15.9. The van der Waals surface area contributed by atoms with Gasteiger partial charge in [0, 0.05) is 13.1 Å². The monoisotopic (exact) mass is 619 g/mol. The lowest BCUT2D eigenvalue weighted by Gasteiger charge is -2.34. The van der Waals surface area contributed by atoms with Crippen molar-refractivity contribution >= 4 is 44.5 Å². The fraction of sp³-hybridized carbons (Fsp3) is 0.500. The van der Waals surface area contributed by atoms with Crippen LogP contribution in [0.5, 0.6) is 0 Å². The van der Waals surface area contributed by atoms with E-state index in [1.165, 1.54) is 10.4 Å². The lowest BCUT2D eigenvalue weighted by atomic mass is 9.85. The quantitative estimate of drug-likeness (QED) is 0.216. The molecular weight excluding hydrogens is 578 g/mol. The summed E-state index contributed by atoms with van der Waals surface area (Å²) in [5.74, 6) is -0.667. The number of hydrogen-bond acceptors (Lipinski definition) is 6. The fourth-order valence-electron chi connectivity index (χ4n) is 4.73. The summed E-state index contributed by atoms with van der Waals surface area (Å²) < 4.78 is 29.0. The Morgan fingerprint density at radius 3 is 2.33 bits per heavy atom. The summed E-state index contributed by atoms with van der Waals surface area (Å²) in [7, 11) is -4.03. The van der Waals surface area contributed by atoms with Crippen molar-refractivity contribution in [3.8, 4) is 0 Å². The highest BCUT2D eigenvalue weighted by Crippen LogP contribution is 2.24. The molecule has 0 aliphatic rings. The van der Waals surface area contributed by atoms with E-state index in [1.54, 1.807) is 19.1 Å². The number of sulfonamides is 1. The normalized spacial score (nSPS) is 14.6. The zero-order valence-corrected chi connectivity index (χ0v) is 26.6. The number of nitrogens with one attached hydrogen (secondary N) is 3. The second-order valence-corrected chi connectivity index (χ2v) is 14.3. The topological polar surface area (TPSA) is 144 Å². The van der Waals surface area contributed by atoms with Crippen LogP contribution in [-0.4, -0.2) is 76.8 Å². The summed E-state index contributed by atoms with van der Waals surface area (Å²) in [5.41, 5.74) is 1.43. The van der Waals surface area contributed by atoms with E-state index in [-0.39, 0.29) is 36.2 Å². The van der Waals surface area contributed by atoms with E-state index in [0.29, 0.717) is 16.9 Å². The molecule has 3 aromatic rings. The molecule has 4 N–H and O–H groups in total. The number of nitrogens with zero attached hydrogens (tertiary/aromatic N) is 2.